The van der Waals surface area contributed by atoms with Crippen LogP contribution in [-0.2, 0) is 0 Å². The molecule has 3 nitrogen and oxygen atoms in total. The van der Waals surface area contributed by atoms with Gasteiger partial charge in [-0.15, -0.1) is 0 Å². The zero-order valence-electron chi connectivity index (χ0n) is 4.46. The number of rotatable bonds is 2. The van der Waals surface area contributed by atoms with Crippen LogP contribution in [0.1, 0.15) is 14.7 Å². The van der Waals surface area contributed by atoms with Gasteiger partial charge in [0.2, 0.25) is 0 Å². The first-order valence-corrected chi connectivity index (χ1v) is 1.72. The molecule has 34 valence electrons. The largest absolute Gasteiger partial charge is 0.0940 e. The van der Waals surface area contributed by atoms with Gasteiger partial charge in [0.1, 0.15) is 0 Å². The van der Waals surface area contributed by atoms with E-state index >= 15 is 0 Å². The molecule has 0 saturated heterocycles. The number of hydrogen-bond acceptors (Lipinski definition) is 1. The molecule has 3 heteroatoms. The molecule has 6 heavy (non-hydrogen) atoms. The van der Waals surface area contributed by atoms with Gasteiger partial charge >= 0.3 is 0 Å². The highest BCUT2D eigenvalue weighted by atomic mass is 15.1. The summed E-state index contributed by atoms with van der Waals surface area (Å²) in [5, 5.41) is 3.22. The van der Waals surface area contributed by atoms with Crippen molar-refractivity contribution in [2.24, 2.45) is 5.11 Å². The van der Waals surface area contributed by atoms with Gasteiger partial charge in [0.05, 0.1) is 0 Å². The molecule has 0 aliphatic rings. The fourth-order valence-electron chi connectivity index (χ4n) is 0.115. The zero-order valence-corrected chi connectivity index (χ0v) is 3.46. The lowest BCUT2D eigenvalue weighted by Gasteiger charge is -1.71. The molecule has 0 saturated carbocycles. The minimum atomic E-state index is 0.346. The van der Waals surface area contributed by atoms with Gasteiger partial charge in [0.25, 0.3) is 0 Å². The van der Waals surface area contributed by atoms with Crippen molar-refractivity contribution in [3.63, 3.8) is 0 Å². The molecule has 0 aliphatic heterocycles. The molecule has 0 aromatic rings. The SMILES string of the molecule is [2H]CCCN=[N+]=[N-]. The summed E-state index contributed by atoms with van der Waals surface area (Å²) in [4.78, 5) is 2.51. The molecule has 0 spiro atoms. The van der Waals surface area contributed by atoms with E-state index in [1.165, 1.54) is 0 Å². The van der Waals surface area contributed by atoms with Crippen LogP contribution in [0.3, 0.4) is 0 Å². The van der Waals surface area contributed by atoms with Crippen molar-refractivity contribution in [3.05, 3.63) is 10.4 Å². The van der Waals surface area contributed by atoms with Gasteiger partial charge in [-0.2, -0.15) is 0 Å². The van der Waals surface area contributed by atoms with Gasteiger partial charge in [0.15, 0.2) is 0 Å². The van der Waals surface area contributed by atoms with E-state index in [0.29, 0.717) is 19.9 Å². The Hall–Kier alpha value is -0.690. The van der Waals surface area contributed by atoms with Crippen LogP contribution in [-0.4, -0.2) is 6.54 Å². The molecule has 0 aromatic heterocycles. The summed E-state index contributed by atoms with van der Waals surface area (Å²) >= 11 is 0. The molecule has 0 heterocycles. The summed E-state index contributed by atoms with van der Waals surface area (Å²) in [5.74, 6) is 0. The summed E-state index contributed by atoms with van der Waals surface area (Å²) in [5.41, 5.74) is 7.69. The van der Waals surface area contributed by atoms with E-state index in [-0.39, 0.29) is 0 Å². The molecule has 0 fully saturated rings. The standard InChI is InChI=1S/C3H7N3/c1-2-3-5-6-4/h2-3H2,1H3/i1D. The maximum Gasteiger partial charge on any atom is 0.0255 e. The molecule has 0 radical (unpaired) electrons. The Kier molecular flexibility index (Phi) is 2.51. The highest BCUT2D eigenvalue weighted by Crippen LogP contribution is 1.74. The predicted molar refractivity (Wildman–Crippen MR) is 24.3 cm³/mol. The van der Waals surface area contributed by atoms with Crippen LogP contribution in [0.2, 0.25) is 0 Å². The third kappa shape index (κ3) is 3.31. The second kappa shape index (κ2) is 4.31. The minimum Gasteiger partial charge on any atom is -0.0940 e. The first-order valence-electron chi connectivity index (χ1n) is 2.42. The Morgan fingerprint density at radius 2 is 3.00 bits per heavy atom. The summed E-state index contributed by atoms with van der Waals surface area (Å²) in [7, 11) is 0. The van der Waals surface area contributed by atoms with E-state index in [1.54, 1.807) is 0 Å². The Bertz CT molecular complexity index is 76.2. The van der Waals surface area contributed by atoms with Crippen molar-refractivity contribution in [2.75, 3.05) is 6.54 Å². The van der Waals surface area contributed by atoms with Crippen LogP contribution >= 0.6 is 0 Å². The Morgan fingerprint density at radius 3 is 3.50 bits per heavy atom. The number of hydrogen-bond donors (Lipinski definition) is 0. The van der Waals surface area contributed by atoms with Crippen molar-refractivity contribution < 1.29 is 1.37 Å². The number of nitrogens with zero attached hydrogens (tertiary/aromatic N) is 3. The maximum absolute atomic E-state index is 7.69. The normalized spacial score (nSPS) is 9.00. The Morgan fingerprint density at radius 1 is 2.17 bits per heavy atom. The van der Waals surface area contributed by atoms with Crippen molar-refractivity contribution in [3.8, 4) is 0 Å². The number of azide groups is 1. The third-order valence-corrected chi connectivity index (χ3v) is 0.321. The van der Waals surface area contributed by atoms with Crippen LogP contribution in [0.5, 0.6) is 0 Å². The first kappa shape index (κ1) is 3.50. The van der Waals surface area contributed by atoms with Crippen LogP contribution < -0.4 is 0 Å². The van der Waals surface area contributed by atoms with E-state index in [9.17, 15) is 0 Å². The smallest absolute Gasteiger partial charge is 0.0255 e. The highest BCUT2D eigenvalue weighted by molar-refractivity contribution is 4.40. The van der Waals surface area contributed by atoms with Crippen LogP contribution in [0.25, 0.3) is 10.4 Å². The predicted octanol–water partition coefficient (Wildman–Crippen LogP) is 1.71. The molecule has 0 atom stereocenters. The molecule has 0 rings (SSSR count). The van der Waals surface area contributed by atoms with E-state index in [2.05, 4.69) is 10.0 Å². The summed E-state index contributed by atoms with van der Waals surface area (Å²) < 4.78 is 6.60. The first-order chi connectivity index (χ1) is 3.41. The van der Waals surface area contributed by atoms with Gasteiger partial charge in [-0.25, -0.2) is 0 Å². The van der Waals surface area contributed by atoms with Gasteiger partial charge in [-0.1, -0.05) is 18.4 Å². The average Bonchev–Trinajstić information content (AvgIpc) is 1.69. The van der Waals surface area contributed by atoms with Gasteiger partial charge in [-0.05, 0) is 5.53 Å². The summed E-state index contributed by atoms with van der Waals surface area (Å²) in [6, 6.07) is 0. The second-order valence-electron chi connectivity index (χ2n) is 0.808. The van der Waals surface area contributed by atoms with E-state index in [1.807, 2.05) is 0 Å². The lowest BCUT2D eigenvalue weighted by atomic mass is 10.5. The topological polar surface area (TPSA) is 48.8 Å². The molecule has 0 bridgehead atoms. The molecule has 0 amide bonds. The third-order valence-electron chi connectivity index (χ3n) is 0.321. The lowest BCUT2D eigenvalue weighted by Crippen LogP contribution is -1.65. The molecule has 0 N–H and O–H groups in total. The Balaban J connectivity index is 2.83. The van der Waals surface area contributed by atoms with Gasteiger partial charge < -0.3 is 0 Å². The Labute approximate surface area is 38.0 Å². The molecule has 0 unspecified atom stereocenters. The maximum atomic E-state index is 7.69. The highest BCUT2D eigenvalue weighted by Gasteiger charge is 1.65. The zero-order chi connectivity index (χ0) is 5.54. The summed E-state index contributed by atoms with van der Waals surface area (Å²) in [6.07, 6.45) is 0.671. The van der Waals surface area contributed by atoms with Crippen molar-refractivity contribution in [1.82, 2.24) is 0 Å². The van der Waals surface area contributed by atoms with Crippen LogP contribution in [0.4, 0.5) is 0 Å². The van der Waals surface area contributed by atoms with Crippen molar-refractivity contribution in [2.45, 2.75) is 13.3 Å². The lowest BCUT2D eigenvalue weighted by molar-refractivity contribution is 0.922. The molecule has 0 aromatic carbocycles. The molecular formula is C3H7N3. The van der Waals surface area contributed by atoms with Crippen molar-refractivity contribution >= 4 is 0 Å². The molecular weight excluding hydrogens is 78.1 g/mol. The van der Waals surface area contributed by atoms with Crippen LogP contribution in [0, 0.1) is 0 Å². The van der Waals surface area contributed by atoms with Crippen LogP contribution in [0.15, 0.2) is 5.11 Å². The monoisotopic (exact) mass is 86.1 g/mol. The minimum absolute atomic E-state index is 0.346. The van der Waals surface area contributed by atoms with Gasteiger partial charge in [-0.3, -0.25) is 0 Å². The summed E-state index contributed by atoms with van der Waals surface area (Å²) in [6.45, 7) is 0.805. The fourth-order valence-corrected chi connectivity index (χ4v) is 0.115. The quantitative estimate of drug-likeness (QED) is 0.212. The second-order valence-corrected chi connectivity index (χ2v) is 0.808. The average molecular weight is 86.1 g/mol. The molecule has 0 aliphatic carbocycles. The van der Waals surface area contributed by atoms with Gasteiger partial charge in [0, 0.05) is 12.8 Å². The van der Waals surface area contributed by atoms with E-state index < -0.39 is 0 Å². The van der Waals surface area contributed by atoms with E-state index in [4.69, 9.17) is 6.90 Å². The fraction of sp³-hybridized carbons (Fsp3) is 1.00. The van der Waals surface area contributed by atoms with Crippen molar-refractivity contribution in [1.29, 1.82) is 0 Å². The van der Waals surface area contributed by atoms with E-state index in [0.717, 1.165) is 0 Å².